The molecule has 3 heteroatoms. The number of amides is 1. The van der Waals surface area contributed by atoms with E-state index in [1.54, 1.807) is 0 Å². The van der Waals surface area contributed by atoms with Gasteiger partial charge in [0, 0.05) is 6.54 Å². The third-order valence-electron chi connectivity index (χ3n) is 3.92. The summed E-state index contributed by atoms with van der Waals surface area (Å²) in [5.41, 5.74) is 3.72. The van der Waals surface area contributed by atoms with E-state index in [4.69, 9.17) is 0 Å². The fraction of sp³-hybridized carbons (Fsp3) is 0.562. The van der Waals surface area contributed by atoms with Crippen LogP contribution < -0.4 is 10.6 Å². The van der Waals surface area contributed by atoms with E-state index < -0.39 is 0 Å². The molecule has 0 radical (unpaired) electrons. The molecule has 1 aliphatic heterocycles. The number of nitrogens with one attached hydrogen (secondary N) is 2. The first-order valence-corrected chi connectivity index (χ1v) is 7.16. The highest BCUT2D eigenvalue weighted by Crippen LogP contribution is 2.20. The predicted molar refractivity (Wildman–Crippen MR) is 78.1 cm³/mol. The molecule has 0 aliphatic carbocycles. The van der Waals surface area contributed by atoms with Gasteiger partial charge in [0.15, 0.2) is 0 Å². The van der Waals surface area contributed by atoms with Crippen molar-refractivity contribution in [2.45, 2.75) is 39.7 Å². The molecule has 1 saturated heterocycles. The highest BCUT2D eigenvalue weighted by atomic mass is 16.1. The van der Waals surface area contributed by atoms with Crippen LogP contribution >= 0.6 is 0 Å². The Morgan fingerprint density at radius 1 is 1.42 bits per heavy atom. The van der Waals surface area contributed by atoms with Crippen LogP contribution in [0.2, 0.25) is 0 Å². The number of hydrogen-bond acceptors (Lipinski definition) is 2. The second kappa shape index (κ2) is 6.20. The summed E-state index contributed by atoms with van der Waals surface area (Å²) in [7, 11) is 0. The number of rotatable bonds is 3. The van der Waals surface area contributed by atoms with E-state index in [2.05, 4.69) is 49.6 Å². The molecule has 1 amide bonds. The Kier molecular flexibility index (Phi) is 4.59. The zero-order valence-corrected chi connectivity index (χ0v) is 12.1. The van der Waals surface area contributed by atoms with Gasteiger partial charge in [0.2, 0.25) is 5.91 Å². The Morgan fingerprint density at radius 3 is 2.84 bits per heavy atom. The first-order valence-electron chi connectivity index (χ1n) is 7.16. The maximum Gasteiger partial charge on any atom is 0.224 e. The molecule has 2 N–H and O–H groups in total. The van der Waals surface area contributed by atoms with Crippen molar-refractivity contribution in [3.05, 3.63) is 34.9 Å². The van der Waals surface area contributed by atoms with Crippen LogP contribution in [-0.2, 0) is 4.79 Å². The van der Waals surface area contributed by atoms with E-state index in [9.17, 15) is 4.79 Å². The topological polar surface area (TPSA) is 41.1 Å². The predicted octanol–water partition coefficient (Wildman–Crippen LogP) is 2.48. The van der Waals surface area contributed by atoms with E-state index in [0.717, 1.165) is 25.9 Å². The normalized spacial score (nSPS) is 20.9. The van der Waals surface area contributed by atoms with Gasteiger partial charge in [0.25, 0.3) is 0 Å². The summed E-state index contributed by atoms with van der Waals surface area (Å²) in [6.45, 7) is 8.11. The zero-order chi connectivity index (χ0) is 13.8. The largest absolute Gasteiger partial charge is 0.349 e. The lowest BCUT2D eigenvalue weighted by molar-refractivity contribution is -0.126. The first kappa shape index (κ1) is 14.1. The van der Waals surface area contributed by atoms with Crippen LogP contribution in [0.4, 0.5) is 0 Å². The lowest BCUT2D eigenvalue weighted by Gasteiger charge is -2.24. The maximum atomic E-state index is 12.2. The molecule has 1 aliphatic rings. The molecule has 1 fully saturated rings. The van der Waals surface area contributed by atoms with Crippen molar-refractivity contribution in [2.24, 2.45) is 5.92 Å². The Morgan fingerprint density at radius 2 is 2.21 bits per heavy atom. The molecule has 0 bridgehead atoms. The van der Waals surface area contributed by atoms with Crippen molar-refractivity contribution < 1.29 is 4.79 Å². The van der Waals surface area contributed by atoms with Gasteiger partial charge in [-0.2, -0.15) is 0 Å². The molecule has 0 saturated carbocycles. The molecule has 1 heterocycles. The van der Waals surface area contributed by atoms with Crippen molar-refractivity contribution in [2.75, 3.05) is 13.1 Å². The van der Waals surface area contributed by atoms with Crippen LogP contribution in [0.3, 0.4) is 0 Å². The monoisotopic (exact) mass is 260 g/mol. The fourth-order valence-corrected chi connectivity index (χ4v) is 2.80. The van der Waals surface area contributed by atoms with Gasteiger partial charge in [-0.3, -0.25) is 4.79 Å². The minimum Gasteiger partial charge on any atom is -0.349 e. The van der Waals surface area contributed by atoms with Crippen molar-refractivity contribution >= 4 is 5.91 Å². The zero-order valence-electron chi connectivity index (χ0n) is 12.1. The molecule has 0 spiro atoms. The number of carbonyl (C=O) groups excluding carboxylic acids is 1. The van der Waals surface area contributed by atoms with Gasteiger partial charge >= 0.3 is 0 Å². The van der Waals surface area contributed by atoms with Crippen LogP contribution in [0.25, 0.3) is 0 Å². The van der Waals surface area contributed by atoms with Gasteiger partial charge in [0.1, 0.15) is 0 Å². The van der Waals surface area contributed by atoms with E-state index >= 15 is 0 Å². The molecule has 1 aromatic rings. The summed E-state index contributed by atoms with van der Waals surface area (Å²) in [6, 6.07) is 6.47. The Hall–Kier alpha value is -1.35. The summed E-state index contributed by atoms with van der Waals surface area (Å²) in [4.78, 5) is 12.2. The SMILES string of the molecule is Cc1ccc(C(C)NC(=O)[C@@H]2CCCNC2)c(C)c1. The van der Waals surface area contributed by atoms with Gasteiger partial charge < -0.3 is 10.6 Å². The van der Waals surface area contributed by atoms with Crippen LogP contribution in [-0.4, -0.2) is 19.0 Å². The van der Waals surface area contributed by atoms with Crippen molar-refractivity contribution in [1.82, 2.24) is 10.6 Å². The van der Waals surface area contributed by atoms with Gasteiger partial charge in [0.05, 0.1) is 12.0 Å². The fourth-order valence-electron chi connectivity index (χ4n) is 2.80. The standard InChI is InChI=1S/C16H24N2O/c1-11-6-7-15(12(2)9-11)13(3)18-16(19)14-5-4-8-17-10-14/h6-7,9,13-14,17H,4-5,8,10H2,1-3H3,(H,18,19)/t13?,14-/m1/s1. The van der Waals surface area contributed by atoms with Gasteiger partial charge in [-0.15, -0.1) is 0 Å². The lowest BCUT2D eigenvalue weighted by atomic mass is 9.96. The quantitative estimate of drug-likeness (QED) is 0.876. The average molecular weight is 260 g/mol. The van der Waals surface area contributed by atoms with Crippen LogP contribution in [0.5, 0.6) is 0 Å². The summed E-state index contributed by atoms with van der Waals surface area (Å²) in [5, 5.41) is 6.43. The number of carbonyl (C=O) groups is 1. The maximum absolute atomic E-state index is 12.2. The minimum atomic E-state index is 0.0787. The Labute approximate surface area is 115 Å². The summed E-state index contributed by atoms with van der Waals surface area (Å²) in [5.74, 6) is 0.307. The molecule has 1 unspecified atom stereocenters. The summed E-state index contributed by atoms with van der Waals surface area (Å²) >= 11 is 0. The van der Waals surface area contributed by atoms with Crippen molar-refractivity contribution in [1.29, 1.82) is 0 Å². The van der Waals surface area contributed by atoms with Crippen molar-refractivity contribution in [3.8, 4) is 0 Å². The number of aryl methyl sites for hydroxylation is 2. The molecule has 2 atom stereocenters. The average Bonchev–Trinajstić information content (AvgIpc) is 2.39. The summed E-state index contributed by atoms with van der Waals surface area (Å²) < 4.78 is 0. The van der Waals surface area contributed by atoms with Crippen LogP contribution in [0.15, 0.2) is 18.2 Å². The molecule has 3 nitrogen and oxygen atoms in total. The lowest BCUT2D eigenvalue weighted by Crippen LogP contribution is -2.41. The molecule has 1 aromatic carbocycles. The highest BCUT2D eigenvalue weighted by Gasteiger charge is 2.22. The minimum absolute atomic E-state index is 0.0787. The highest BCUT2D eigenvalue weighted by molar-refractivity contribution is 5.79. The van der Waals surface area contributed by atoms with Gasteiger partial charge in [-0.25, -0.2) is 0 Å². The van der Waals surface area contributed by atoms with Gasteiger partial charge in [-0.05, 0) is 51.3 Å². The van der Waals surface area contributed by atoms with Gasteiger partial charge in [-0.1, -0.05) is 23.8 Å². The molecular weight excluding hydrogens is 236 g/mol. The van der Waals surface area contributed by atoms with E-state index in [1.165, 1.54) is 16.7 Å². The number of hydrogen-bond donors (Lipinski definition) is 2. The molecule has 19 heavy (non-hydrogen) atoms. The molecule has 0 aromatic heterocycles. The third-order valence-corrected chi connectivity index (χ3v) is 3.92. The molecule has 2 rings (SSSR count). The van der Waals surface area contributed by atoms with Crippen LogP contribution in [0.1, 0.15) is 42.5 Å². The van der Waals surface area contributed by atoms with E-state index in [1.807, 2.05) is 0 Å². The molecule has 104 valence electrons. The van der Waals surface area contributed by atoms with Crippen molar-refractivity contribution in [3.63, 3.8) is 0 Å². The number of piperidine rings is 1. The summed E-state index contributed by atoms with van der Waals surface area (Å²) in [6.07, 6.45) is 2.09. The van der Waals surface area contributed by atoms with Crippen LogP contribution in [0, 0.1) is 19.8 Å². The van der Waals surface area contributed by atoms with E-state index in [-0.39, 0.29) is 17.9 Å². The Bertz CT molecular complexity index is 450. The third kappa shape index (κ3) is 3.57. The first-order chi connectivity index (χ1) is 9.08. The van der Waals surface area contributed by atoms with E-state index in [0.29, 0.717) is 0 Å². The Balaban J connectivity index is 1.99. The molecular formula is C16H24N2O. The number of benzene rings is 1. The second-order valence-electron chi connectivity index (χ2n) is 5.63. The smallest absolute Gasteiger partial charge is 0.224 e. The second-order valence-corrected chi connectivity index (χ2v) is 5.63.